The van der Waals surface area contributed by atoms with Crippen LogP contribution in [0, 0.1) is 0 Å². The molecule has 0 saturated carbocycles. The summed E-state index contributed by atoms with van der Waals surface area (Å²) in [6, 6.07) is 17.7. The van der Waals surface area contributed by atoms with Gasteiger partial charge in [-0.2, -0.15) is 0 Å². The summed E-state index contributed by atoms with van der Waals surface area (Å²) in [5, 5.41) is 6.82. The summed E-state index contributed by atoms with van der Waals surface area (Å²) in [7, 11) is 0. The molecule has 0 radical (unpaired) electrons. The third-order valence-corrected chi connectivity index (χ3v) is 4.94. The number of hydrogen-bond donors (Lipinski definition) is 2. The molecule has 0 fully saturated rings. The summed E-state index contributed by atoms with van der Waals surface area (Å²) in [5.74, 6) is 0. The van der Waals surface area contributed by atoms with Gasteiger partial charge in [0.25, 0.3) is 0 Å². The normalized spacial score (nSPS) is 18.0. The fourth-order valence-corrected chi connectivity index (χ4v) is 3.92. The van der Waals surface area contributed by atoms with Gasteiger partial charge >= 0.3 is 6.03 Å². The van der Waals surface area contributed by atoms with Crippen molar-refractivity contribution in [3.05, 3.63) is 65.2 Å². The molecule has 0 saturated heterocycles. The first-order valence-corrected chi connectivity index (χ1v) is 8.27. The molecule has 0 unspecified atom stereocenters. The van der Waals surface area contributed by atoms with Crippen LogP contribution in [0.3, 0.4) is 0 Å². The first-order chi connectivity index (χ1) is 11.2. The molecule has 1 aliphatic heterocycles. The molecular weight excluding hydrogens is 306 g/mol. The highest BCUT2D eigenvalue weighted by Crippen LogP contribution is 2.34. The lowest BCUT2D eigenvalue weighted by atomic mass is 9.99. The van der Waals surface area contributed by atoms with E-state index in [2.05, 4.69) is 16.7 Å². The van der Waals surface area contributed by atoms with Gasteiger partial charge in [-0.15, -0.1) is 11.3 Å². The Morgan fingerprint density at radius 3 is 2.57 bits per heavy atom. The lowest BCUT2D eigenvalue weighted by molar-refractivity contribution is 0.242. The van der Waals surface area contributed by atoms with Crippen LogP contribution in [0.25, 0.3) is 21.5 Å². The minimum atomic E-state index is -0.179. The van der Waals surface area contributed by atoms with Gasteiger partial charge in [-0.05, 0) is 24.6 Å². The Labute approximate surface area is 137 Å². The molecule has 1 aliphatic rings. The zero-order valence-corrected chi connectivity index (χ0v) is 13.4. The molecule has 2 aromatic carbocycles. The predicted octanol–water partition coefficient (Wildman–Crippen LogP) is 3.87. The van der Waals surface area contributed by atoms with Crippen molar-refractivity contribution >= 4 is 38.9 Å². The van der Waals surface area contributed by atoms with Crippen LogP contribution in [0.1, 0.15) is 17.5 Å². The highest BCUT2D eigenvalue weighted by Gasteiger charge is 2.27. The van der Waals surface area contributed by atoms with E-state index in [1.165, 1.54) is 0 Å². The molecule has 23 heavy (non-hydrogen) atoms. The van der Waals surface area contributed by atoms with Crippen molar-refractivity contribution in [3.8, 4) is 0 Å². The Hall–Kier alpha value is -2.66. The summed E-state index contributed by atoms with van der Waals surface area (Å²) in [6.07, 6.45) is 0. The highest BCUT2D eigenvalue weighted by molar-refractivity contribution is 7.19. The average molecular weight is 321 g/mol. The number of carbonyl (C=O) groups excluding carboxylic acids is 1. The number of rotatable bonds is 2. The molecule has 1 atom stereocenters. The van der Waals surface area contributed by atoms with E-state index in [4.69, 9.17) is 4.98 Å². The van der Waals surface area contributed by atoms with Gasteiger partial charge in [0.2, 0.25) is 0 Å². The number of benzene rings is 2. The molecular formula is C18H15N3OS. The summed E-state index contributed by atoms with van der Waals surface area (Å²) in [4.78, 5) is 16.7. The number of nitrogens with zero attached hydrogens (tertiary/aromatic N) is 1. The van der Waals surface area contributed by atoms with Gasteiger partial charge in [0.15, 0.2) is 0 Å². The minimum absolute atomic E-state index is 0.0977. The van der Waals surface area contributed by atoms with Crippen LogP contribution in [-0.2, 0) is 0 Å². The maximum atomic E-state index is 11.9. The third-order valence-electron chi connectivity index (χ3n) is 3.88. The number of hydrogen-bond acceptors (Lipinski definition) is 3. The van der Waals surface area contributed by atoms with E-state index in [-0.39, 0.29) is 12.1 Å². The Bertz CT molecular complexity index is 881. The number of para-hydroxylation sites is 1. The van der Waals surface area contributed by atoms with E-state index in [0.717, 1.165) is 32.1 Å². The molecule has 4 nitrogen and oxygen atoms in total. The standard InChI is InChI=1S/C18H15N3OS/c1-11-15(17-20-13-9-5-6-10-14(13)23-17)16(21-18(22)19-11)12-7-3-2-4-8-12/h2-11H,1H3,(H2,19,21,22)/t11-/m0/s1. The SMILES string of the molecule is C[C@@H]1NC(=O)NC(c2ccccc2)=C1c1nc2ccccc2s1. The molecule has 4 rings (SSSR count). The topological polar surface area (TPSA) is 54.0 Å². The minimum Gasteiger partial charge on any atom is -0.331 e. The van der Waals surface area contributed by atoms with E-state index in [1.807, 2.05) is 55.5 Å². The van der Waals surface area contributed by atoms with Crippen LogP contribution in [0.4, 0.5) is 4.79 Å². The van der Waals surface area contributed by atoms with Crippen LogP contribution in [0.5, 0.6) is 0 Å². The Balaban J connectivity index is 1.94. The van der Waals surface area contributed by atoms with E-state index in [9.17, 15) is 4.79 Å². The van der Waals surface area contributed by atoms with E-state index in [0.29, 0.717) is 0 Å². The maximum Gasteiger partial charge on any atom is 0.319 e. The lowest BCUT2D eigenvalue weighted by Crippen LogP contribution is -2.46. The maximum absolute atomic E-state index is 11.9. The number of amides is 2. The predicted molar refractivity (Wildman–Crippen MR) is 94.0 cm³/mol. The van der Waals surface area contributed by atoms with E-state index >= 15 is 0 Å². The largest absolute Gasteiger partial charge is 0.331 e. The zero-order valence-electron chi connectivity index (χ0n) is 12.5. The first kappa shape index (κ1) is 14.0. The van der Waals surface area contributed by atoms with Crippen LogP contribution >= 0.6 is 11.3 Å². The second-order valence-electron chi connectivity index (χ2n) is 5.46. The molecule has 2 amide bonds. The van der Waals surface area contributed by atoms with Crippen molar-refractivity contribution in [2.24, 2.45) is 0 Å². The van der Waals surface area contributed by atoms with Crippen molar-refractivity contribution in [3.63, 3.8) is 0 Å². The molecule has 2 N–H and O–H groups in total. The molecule has 0 aliphatic carbocycles. The number of urea groups is 1. The molecule has 0 bridgehead atoms. The van der Waals surface area contributed by atoms with E-state index in [1.54, 1.807) is 11.3 Å². The van der Waals surface area contributed by atoms with Crippen molar-refractivity contribution in [2.75, 3.05) is 0 Å². The average Bonchev–Trinajstić information content (AvgIpc) is 2.98. The number of carbonyl (C=O) groups is 1. The van der Waals surface area contributed by atoms with Crippen LogP contribution in [-0.4, -0.2) is 17.1 Å². The summed E-state index contributed by atoms with van der Waals surface area (Å²) >= 11 is 1.65. The molecule has 0 spiro atoms. The summed E-state index contributed by atoms with van der Waals surface area (Å²) in [6.45, 7) is 1.99. The number of aromatic nitrogens is 1. The van der Waals surface area contributed by atoms with Crippen molar-refractivity contribution in [1.82, 2.24) is 15.6 Å². The monoisotopic (exact) mass is 321 g/mol. The van der Waals surface area contributed by atoms with Crippen LogP contribution < -0.4 is 10.6 Å². The number of nitrogens with one attached hydrogen (secondary N) is 2. The number of fused-ring (bicyclic) bond motifs is 1. The van der Waals surface area contributed by atoms with Crippen molar-refractivity contribution in [2.45, 2.75) is 13.0 Å². The molecule has 5 heteroatoms. The Morgan fingerprint density at radius 1 is 1.04 bits per heavy atom. The molecule has 114 valence electrons. The fraction of sp³-hybridized carbons (Fsp3) is 0.111. The second-order valence-corrected chi connectivity index (χ2v) is 6.49. The van der Waals surface area contributed by atoms with Crippen molar-refractivity contribution in [1.29, 1.82) is 0 Å². The smallest absolute Gasteiger partial charge is 0.319 e. The van der Waals surface area contributed by atoms with Crippen LogP contribution in [0.15, 0.2) is 54.6 Å². The van der Waals surface area contributed by atoms with Gasteiger partial charge in [0, 0.05) is 5.57 Å². The zero-order chi connectivity index (χ0) is 15.8. The van der Waals surface area contributed by atoms with Gasteiger partial charge in [0.1, 0.15) is 5.01 Å². The Morgan fingerprint density at radius 2 is 1.78 bits per heavy atom. The molecule has 3 aromatic rings. The van der Waals surface area contributed by atoms with Gasteiger partial charge in [-0.3, -0.25) is 0 Å². The highest BCUT2D eigenvalue weighted by atomic mass is 32.1. The van der Waals surface area contributed by atoms with Gasteiger partial charge in [-0.1, -0.05) is 42.5 Å². The third kappa shape index (κ3) is 2.49. The second kappa shape index (κ2) is 5.52. The van der Waals surface area contributed by atoms with Gasteiger partial charge in [0.05, 0.1) is 22.0 Å². The number of thiazole rings is 1. The van der Waals surface area contributed by atoms with E-state index < -0.39 is 0 Å². The molecule has 1 aromatic heterocycles. The Kier molecular flexibility index (Phi) is 3.35. The van der Waals surface area contributed by atoms with Gasteiger partial charge < -0.3 is 10.6 Å². The summed E-state index contributed by atoms with van der Waals surface area (Å²) in [5.41, 5.74) is 3.83. The molecule has 2 heterocycles. The fourth-order valence-electron chi connectivity index (χ4n) is 2.81. The first-order valence-electron chi connectivity index (χ1n) is 7.45. The quantitative estimate of drug-likeness (QED) is 0.753. The summed E-state index contributed by atoms with van der Waals surface area (Å²) < 4.78 is 1.14. The van der Waals surface area contributed by atoms with Crippen LogP contribution in [0.2, 0.25) is 0 Å². The van der Waals surface area contributed by atoms with Gasteiger partial charge in [-0.25, -0.2) is 9.78 Å². The van der Waals surface area contributed by atoms with Crippen molar-refractivity contribution < 1.29 is 4.79 Å². The lowest BCUT2D eigenvalue weighted by Gasteiger charge is -2.27.